The maximum Gasteiger partial charge on any atom is 0.323 e. The van der Waals surface area contributed by atoms with Gasteiger partial charge in [-0.1, -0.05) is 0 Å². The first-order valence-electron chi connectivity index (χ1n) is 5.06. The van der Waals surface area contributed by atoms with Crippen LogP contribution in [0.25, 0.3) is 0 Å². The van der Waals surface area contributed by atoms with Crippen LogP contribution in [0.1, 0.15) is 18.5 Å². The second-order valence-corrected chi connectivity index (χ2v) is 4.85. The third-order valence-corrected chi connectivity index (χ3v) is 3.71. The summed E-state index contributed by atoms with van der Waals surface area (Å²) >= 11 is 3.44. The van der Waals surface area contributed by atoms with E-state index in [1.54, 1.807) is 6.20 Å². The number of ether oxygens (including phenoxy) is 1. The summed E-state index contributed by atoms with van der Waals surface area (Å²) in [5.74, 6) is -0.380. The van der Waals surface area contributed by atoms with Gasteiger partial charge in [-0.3, -0.25) is 9.78 Å². The lowest BCUT2D eigenvalue weighted by Crippen LogP contribution is -2.43. The number of nitrogens with zero attached hydrogens (tertiary/aromatic N) is 1. The lowest BCUT2D eigenvalue weighted by atomic mass is 9.92. The van der Waals surface area contributed by atoms with E-state index in [1.807, 2.05) is 12.1 Å². The molecule has 0 radical (unpaired) electrons. The second-order valence-electron chi connectivity index (χ2n) is 3.99. The fourth-order valence-corrected chi connectivity index (χ4v) is 2.58. The van der Waals surface area contributed by atoms with E-state index >= 15 is 0 Å². The molecule has 1 fully saturated rings. The third-order valence-electron chi connectivity index (χ3n) is 3.07. The van der Waals surface area contributed by atoms with Crippen LogP contribution >= 0.6 is 15.9 Å². The van der Waals surface area contributed by atoms with Crippen LogP contribution in [0, 0.1) is 0 Å². The molecule has 1 heterocycles. The number of carbonyl (C=O) groups excluding carboxylic acids is 1. The molecule has 1 aromatic rings. The first kappa shape index (κ1) is 11.5. The van der Waals surface area contributed by atoms with E-state index < -0.39 is 6.04 Å². The first-order valence-corrected chi connectivity index (χ1v) is 5.85. The van der Waals surface area contributed by atoms with E-state index in [1.165, 1.54) is 7.11 Å². The van der Waals surface area contributed by atoms with Crippen molar-refractivity contribution in [2.24, 2.45) is 5.73 Å². The quantitative estimate of drug-likeness (QED) is 0.852. The number of nitrogens with two attached hydrogens (primary N) is 1. The summed E-state index contributed by atoms with van der Waals surface area (Å²) < 4.78 is 5.59. The fraction of sp³-hybridized carbons (Fsp3) is 0.455. The van der Waals surface area contributed by atoms with Crippen molar-refractivity contribution in [3.63, 3.8) is 0 Å². The highest BCUT2D eigenvalue weighted by Gasteiger charge is 2.54. The van der Waals surface area contributed by atoms with Crippen LogP contribution in [0.2, 0.25) is 0 Å². The second kappa shape index (κ2) is 4.14. The molecule has 2 N–H and O–H groups in total. The molecule has 86 valence electrons. The molecule has 0 aromatic carbocycles. The largest absolute Gasteiger partial charge is 0.468 e. The highest BCUT2D eigenvalue weighted by atomic mass is 79.9. The van der Waals surface area contributed by atoms with Crippen LogP contribution < -0.4 is 5.73 Å². The molecule has 4 nitrogen and oxygen atoms in total. The van der Waals surface area contributed by atoms with Crippen molar-refractivity contribution >= 4 is 21.9 Å². The number of pyridine rings is 1. The Morgan fingerprint density at radius 3 is 2.88 bits per heavy atom. The molecule has 0 saturated heterocycles. The number of hydrogen-bond acceptors (Lipinski definition) is 4. The summed E-state index contributed by atoms with van der Waals surface area (Å²) in [4.78, 5) is 15.8. The Labute approximate surface area is 102 Å². The zero-order valence-electron chi connectivity index (χ0n) is 8.94. The van der Waals surface area contributed by atoms with Crippen molar-refractivity contribution < 1.29 is 9.53 Å². The van der Waals surface area contributed by atoms with Gasteiger partial charge in [-0.05, 0) is 40.9 Å². The van der Waals surface area contributed by atoms with Crippen molar-refractivity contribution in [3.8, 4) is 0 Å². The number of hydrogen-bond donors (Lipinski definition) is 1. The molecule has 0 aliphatic heterocycles. The fourth-order valence-electron chi connectivity index (χ4n) is 1.93. The van der Waals surface area contributed by atoms with Gasteiger partial charge in [0.2, 0.25) is 0 Å². The predicted molar refractivity (Wildman–Crippen MR) is 62.8 cm³/mol. The van der Waals surface area contributed by atoms with E-state index in [0.717, 1.165) is 23.0 Å². The van der Waals surface area contributed by atoms with Crippen LogP contribution in [0.15, 0.2) is 22.8 Å². The van der Waals surface area contributed by atoms with Gasteiger partial charge in [0.05, 0.1) is 12.8 Å². The summed E-state index contributed by atoms with van der Waals surface area (Å²) in [6.45, 7) is 0. The molecule has 1 unspecified atom stereocenters. The highest BCUT2D eigenvalue weighted by Crippen LogP contribution is 2.51. The summed E-state index contributed by atoms with van der Waals surface area (Å²) in [5.41, 5.74) is 6.45. The molecule has 2 rings (SSSR count). The average molecular weight is 285 g/mol. The molecule has 0 amide bonds. The molecule has 0 spiro atoms. The van der Waals surface area contributed by atoms with Gasteiger partial charge in [0.15, 0.2) is 0 Å². The van der Waals surface area contributed by atoms with E-state index in [0.29, 0.717) is 0 Å². The summed E-state index contributed by atoms with van der Waals surface area (Å²) in [7, 11) is 1.35. The maximum atomic E-state index is 11.5. The Kier molecular flexibility index (Phi) is 2.99. The van der Waals surface area contributed by atoms with Gasteiger partial charge in [0.1, 0.15) is 6.04 Å². The van der Waals surface area contributed by atoms with E-state index in [4.69, 9.17) is 10.5 Å². The SMILES string of the molecule is COC(=O)C(N)C1(c2ncccc2Br)CC1. The lowest BCUT2D eigenvalue weighted by molar-refractivity contribution is -0.143. The average Bonchev–Trinajstić information content (AvgIpc) is 3.09. The Balaban J connectivity index is 2.33. The molecule has 1 aliphatic carbocycles. The Morgan fingerprint density at radius 2 is 2.38 bits per heavy atom. The normalized spacial score (nSPS) is 18.9. The third kappa shape index (κ3) is 1.74. The van der Waals surface area contributed by atoms with Gasteiger partial charge in [-0.15, -0.1) is 0 Å². The van der Waals surface area contributed by atoms with Gasteiger partial charge >= 0.3 is 5.97 Å². The van der Waals surface area contributed by atoms with Crippen LogP contribution in [-0.2, 0) is 14.9 Å². The van der Waals surface area contributed by atoms with Crippen LogP contribution in [0.5, 0.6) is 0 Å². The Morgan fingerprint density at radius 1 is 1.69 bits per heavy atom. The molecule has 1 aliphatic rings. The number of halogens is 1. The Hall–Kier alpha value is -0.940. The zero-order chi connectivity index (χ0) is 11.8. The maximum absolute atomic E-state index is 11.5. The number of rotatable bonds is 3. The number of esters is 1. The zero-order valence-corrected chi connectivity index (χ0v) is 10.5. The highest BCUT2D eigenvalue weighted by molar-refractivity contribution is 9.10. The minimum absolute atomic E-state index is 0.340. The number of aromatic nitrogens is 1. The summed E-state index contributed by atoms with van der Waals surface area (Å²) in [6.07, 6.45) is 3.46. The number of methoxy groups -OCH3 is 1. The van der Waals surface area contributed by atoms with E-state index in [2.05, 4.69) is 20.9 Å². The first-order chi connectivity index (χ1) is 7.62. The molecular weight excluding hydrogens is 272 g/mol. The Bertz CT molecular complexity index is 418. The monoisotopic (exact) mass is 284 g/mol. The minimum Gasteiger partial charge on any atom is -0.468 e. The number of carbonyl (C=O) groups is 1. The molecule has 1 atom stereocenters. The molecule has 1 saturated carbocycles. The summed E-state index contributed by atoms with van der Waals surface area (Å²) in [5, 5.41) is 0. The van der Waals surface area contributed by atoms with Crippen LogP contribution in [0.3, 0.4) is 0 Å². The lowest BCUT2D eigenvalue weighted by Gasteiger charge is -2.21. The van der Waals surface area contributed by atoms with Crippen molar-refractivity contribution in [2.45, 2.75) is 24.3 Å². The smallest absolute Gasteiger partial charge is 0.323 e. The molecule has 1 aromatic heterocycles. The van der Waals surface area contributed by atoms with Crippen molar-refractivity contribution in [3.05, 3.63) is 28.5 Å². The van der Waals surface area contributed by atoms with Crippen LogP contribution in [-0.4, -0.2) is 24.1 Å². The van der Waals surface area contributed by atoms with Gasteiger partial charge in [-0.2, -0.15) is 0 Å². The van der Waals surface area contributed by atoms with Gasteiger partial charge in [-0.25, -0.2) is 0 Å². The topological polar surface area (TPSA) is 65.2 Å². The molecular formula is C11H13BrN2O2. The van der Waals surface area contributed by atoms with Crippen LogP contribution in [0.4, 0.5) is 0 Å². The van der Waals surface area contributed by atoms with Crippen molar-refractivity contribution in [2.75, 3.05) is 7.11 Å². The van der Waals surface area contributed by atoms with E-state index in [-0.39, 0.29) is 11.4 Å². The van der Waals surface area contributed by atoms with Gasteiger partial charge < -0.3 is 10.5 Å². The minimum atomic E-state index is -0.635. The predicted octanol–water partition coefficient (Wildman–Crippen LogP) is 1.38. The van der Waals surface area contributed by atoms with Crippen molar-refractivity contribution in [1.82, 2.24) is 4.98 Å². The van der Waals surface area contributed by atoms with Gasteiger partial charge in [0.25, 0.3) is 0 Å². The standard InChI is InChI=1S/C11H13BrN2O2/c1-16-10(15)8(13)11(4-5-11)9-7(12)3-2-6-14-9/h2-3,6,8H,4-5,13H2,1H3. The van der Waals surface area contributed by atoms with E-state index in [9.17, 15) is 4.79 Å². The van der Waals surface area contributed by atoms with Gasteiger partial charge in [0, 0.05) is 16.1 Å². The summed E-state index contributed by atoms with van der Waals surface area (Å²) in [6, 6.07) is 3.11. The molecule has 5 heteroatoms. The van der Waals surface area contributed by atoms with Crippen molar-refractivity contribution in [1.29, 1.82) is 0 Å². The molecule has 0 bridgehead atoms. The molecule has 16 heavy (non-hydrogen) atoms.